The Morgan fingerprint density at radius 1 is 1.06 bits per heavy atom. The molecular weight excluding hydrogens is 459 g/mol. The number of hydrogen-bond donors (Lipinski definition) is 1. The number of methoxy groups -OCH3 is 1. The Morgan fingerprint density at radius 2 is 1.92 bits per heavy atom. The molecule has 2 aliphatic heterocycles. The Balaban J connectivity index is 1.42. The van der Waals surface area contributed by atoms with E-state index in [2.05, 4.69) is 52.0 Å². The minimum absolute atomic E-state index is 0.218. The van der Waals surface area contributed by atoms with Gasteiger partial charge < -0.3 is 19.9 Å². The molecule has 3 aromatic heterocycles. The second-order valence-electron chi connectivity index (χ2n) is 10.0. The molecule has 5 rings (SSSR count). The van der Waals surface area contributed by atoms with E-state index in [4.69, 9.17) is 14.7 Å². The lowest BCUT2D eigenvalue weighted by Crippen LogP contribution is -2.46. The average molecular weight is 495 g/mol. The van der Waals surface area contributed by atoms with E-state index in [1.54, 1.807) is 19.4 Å². The fourth-order valence-electron chi connectivity index (χ4n) is 5.09. The monoisotopic (exact) mass is 494 g/mol. The van der Waals surface area contributed by atoms with E-state index < -0.39 is 6.17 Å². The molecular formula is C26H35FN8O. The zero-order valence-corrected chi connectivity index (χ0v) is 21.5. The molecule has 0 saturated carbocycles. The van der Waals surface area contributed by atoms with E-state index in [0.717, 1.165) is 42.8 Å². The maximum absolute atomic E-state index is 14.4. The number of alkyl halides is 1. The second kappa shape index (κ2) is 10.5. The molecule has 0 unspecified atom stereocenters. The number of fused-ring (bicyclic) bond motifs is 1. The summed E-state index contributed by atoms with van der Waals surface area (Å²) in [4.78, 5) is 25.1. The van der Waals surface area contributed by atoms with Gasteiger partial charge in [-0.15, -0.1) is 0 Å². The molecule has 10 heteroatoms. The van der Waals surface area contributed by atoms with E-state index in [1.165, 1.54) is 5.56 Å². The first-order chi connectivity index (χ1) is 17.4. The van der Waals surface area contributed by atoms with Gasteiger partial charge >= 0.3 is 0 Å². The summed E-state index contributed by atoms with van der Waals surface area (Å²) in [5, 5.41) is 5.52. The highest BCUT2D eigenvalue weighted by molar-refractivity contribution is 5.95. The Morgan fingerprint density at radius 3 is 2.67 bits per heavy atom. The summed E-state index contributed by atoms with van der Waals surface area (Å²) in [7, 11) is 3.69. The van der Waals surface area contributed by atoms with Crippen molar-refractivity contribution >= 4 is 34.2 Å². The van der Waals surface area contributed by atoms with Crippen LogP contribution in [0.25, 0.3) is 10.8 Å². The standard InChI is InChI=1S/C26H35FN8O/c1-17(2)19-13-30-25(35-10-5-9-33(3)16-35)20-14-29-24(12-18(19)20)31-23-6-8-28-26(32-23)34-11-7-22(36-4)21(27)15-34/h6,8,12-14,17,21-22H,5,7,9-11,15-16H2,1-4H3,(H,28,29,31,32)/t21-,22+/m1/s1. The fraction of sp³-hybridized carbons (Fsp3) is 0.538. The predicted molar refractivity (Wildman–Crippen MR) is 141 cm³/mol. The minimum Gasteiger partial charge on any atom is -0.378 e. The van der Waals surface area contributed by atoms with Crippen molar-refractivity contribution < 1.29 is 9.13 Å². The molecule has 9 nitrogen and oxygen atoms in total. The maximum Gasteiger partial charge on any atom is 0.227 e. The molecule has 3 aromatic rings. The summed E-state index contributed by atoms with van der Waals surface area (Å²) in [6.45, 7) is 8.17. The third kappa shape index (κ3) is 5.05. The highest BCUT2D eigenvalue weighted by Crippen LogP contribution is 2.33. The van der Waals surface area contributed by atoms with Gasteiger partial charge in [-0.2, -0.15) is 4.98 Å². The van der Waals surface area contributed by atoms with Gasteiger partial charge in [0.15, 0.2) is 0 Å². The molecule has 2 atom stereocenters. The van der Waals surface area contributed by atoms with Crippen molar-refractivity contribution in [3.05, 3.63) is 36.3 Å². The first kappa shape index (κ1) is 24.6. The number of pyridine rings is 2. The van der Waals surface area contributed by atoms with Crippen LogP contribution in [0, 0.1) is 0 Å². The zero-order chi connectivity index (χ0) is 25.2. The van der Waals surface area contributed by atoms with E-state index in [-0.39, 0.29) is 12.6 Å². The van der Waals surface area contributed by atoms with E-state index in [9.17, 15) is 4.39 Å². The van der Waals surface area contributed by atoms with Gasteiger partial charge in [-0.05, 0) is 48.9 Å². The molecule has 2 saturated heterocycles. The largest absolute Gasteiger partial charge is 0.378 e. The van der Waals surface area contributed by atoms with Crippen LogP contribution < -0.4 is 15.1 Å². The first-order valence-corrected chi connectivity index (χ1v) is 12.7. The molecule has 2 aliphatic rings. The fourth-order valence-corrected chi connectivity index (χ4v) is 5.09. The van der Waals surface area contributed by atoms with Crippen LogP contribution in [-0.4, -0.2) is 84.1 Å². The van der Waals surface area contributed by atoms with Gasteiger partial charge in [0.05, 0.1) is 19.3 Å². The van der Waals surface area contributed by atoms with Crippen molar-refractivity contribution in [2.45, 2.75) is 44.9 Å². The van der Waals surface area contributed by atoms with Crippen molar-refractivity contribution in [2.24, 2.45) is 0 Å². The van der Waals surface area contributed by atoms with E-state index in [1.807, 2.05) is 17.3 Å². The summed E-state index contributed by atoms with van der Waals surface area (Å²) >= 11 is 0. The Kier molecular flexibility index (Phi) is 7.15. The summed E-state index contributed by atoms with van der Waals surface area (Å²) < 4.78 is 19.6. The lowest BCUT2D eigenvalue weighted by atomic mass is 9.99. The molecule has 1 N–H and O–H groups in total. The number of nitrogens with zero attached hydrogens (tertiary/aromatic N) is 7. The van der Waals surface area contributed by atoms with Crippen LogP contribution >= 0.6 is 0 Å². The summed E-state index contributed by atoms with van der Waals surface area (Å²) in [6.07, 6.45) is 5.88. The lowest BCUT2D eigenvalue weighted by molar-refractivity contribution is 0.0194. The molecule has 0 bridgehead atoms. The number of piperidine rings is 1. The molecule has 0 spiro atoms. The number of aromatic nitrogens is 4. The Hall–Kier alpha value is -3.11. The number of ether oxygens (including phenoxy) is 1. The Bertz CT molecular complexity index is 1210. The number of hydrogen-bond acceptors (Lipinski definition) is 9. The van der Waals surface area contributed by atoms with Crippen LogP contribution in [0.1, 0.15) is 38.2 Å². The number of halogens is 1. The maximum atomic E-state index is 14.4. The number of rotatable bonds is 6. The van der Waals surface area contributed by atoms with Gasteiger partial charge in [-0.3, -0.25) is 4.90 Å². The molecule has 2 fully saturated rings. The van der Waals surface area contributed by atoms with Crippen LogP contribution in [0.5, 0.6) is 0 Å². The smallest absolute Gasteiger partial charge is 0.227 e. The van der Waals surface area contributed by atoms with Gasteiger partial charge in [-0.25, -0.2) is 19.3 Å². The molecule has 0 aliphatic carbocycles. The van der Waals surface area contributed by atoms with Crippen LogP contribution in [0.3, 0.4) is 0 Å². The molecule has 5 heterocycles. The molecule has 192 valence electrons. The Labute approximate surface area is 211 Å². The van der Waals surface area contributed by atoms with Gasteiger partial charge in [0.2, 0.25) is 5.95 Å². The van der Waals surface area contributed by atoms with Crippen molar-refractivity contribution in [3.63, 3.8) is 0 Å². The van der Waals surface area contributed by atoms with E-state index >= 15 is 0 Å². The summed E-state index contributed by atoms with van der Waals surface area (Å²) in [5.41, 5.74) is 1.18. The second-order valence-corrected chi connectivity index (χ2v) is 10.0. The molecule has 0 amide bonds. The third-order valence-corrected chi connectivity index (χ3v) is 7.05. The quantitative estimate of drug-likeness (QED) is 0.548. The minimum atomic E-state index is -1.07. The first-order valence-electron chi connectivity index (χ1n) is 12.7. The van der Waals surface area contributed by atoms with Crippen LogP contribution in [0.4, 0.5) is 27.8 Å². The van der Waals surface area contributed by atoms with Crippen LogP contribution in [0.15, 0.2) is 30.7 Å². The van der Waals surface area contributed by atoms with E-state index in [0.29, 0.717) is 36.5 Å². The highest BCUT2D eigenvalue weighted by atomic mass is 19.1. The van der Waals surface area contributed by atoms with Crippen molar-refractivity contribution in [1.82, 2.24) is 24.8 Å². The predicted octanol–water partition coefficient (Wildman–Crippen LogP) is 3.95. The SMILES string of the molecule is CO[C@H]1CCN(c2nccc(Nc3cc4c(C(C)C)cnc(N5CCCN(C)C5)c4cn3)n2)C[C@H]1F. The lowest BCUT2D eigenvalue weighted by Gasteiger charge is -2.34. The van der Waals surface area contributed by atoms with Crippen LogP contribution in [-0.2, 0) is 4.74 Å². The van der Waals surface area contributed by atoms with Crippen LogP contribution in [0.2, 0.25) is 0 Å². The molecule has 0 radical (unpaired) electrons. The molecule has 0 aromatic carbocycles. The summed E-state index contributed by atoms with van der Waals surface area (Å²) in [6, 6.07) is 3.88. The topological polar surface area (TPSA) is 82.5 Å². The third-order valence-electron chi connectivity index (χ3n) is 7.05. The molecule has 36 heavy (non-hydrogen) atoms. The number of anilines is 4. The van der Waals surface area contributed by atoms with Gasteiger partial charge in [0.1, 0.15) is 23.6 Å². The average Bonchev–Trinajstić information content (AvgIpc) is 2.88. The highest BCUT2D eigenvalue weighted by Gasteiger charge is 2.30. The zero-order valence-electron chi connectivity index (χ0n) is 21.5. The van der Waals surface area contributed by atoms with Gasteiger partial charge in [0, 0.05) is 50.7 Å². The van der Waals surface area contributed by atoms with Gasteiger partial charge in [-0.1, -0.05) is 13.8 Å². The van der Waals surface area contributed by atoms with Crippen molar-refractivity contribution in [3.8, 4) is 0 Å². The number of nitrogens with one attached hydrogen (secondary N) is 1. The normalized spacial score (nSPS) is 21.4. The summed E-state index contributed by atoms with van der Waals surface area (Å²) in [5.74, 6) is 3.12. The van der Waals surface area contributed by atoms with Crippen molar-refractivity contribution in [2.75, 3.05) is 62.1 Å². The van der Waals surface area contributed by atoms with Crippen molar-refractivity contribution in [1.29, 1.82) is 0 Å². The van der Waals surface area contributed by atoms with Gasteiger partial charge in [0.25, 0.3) is 0 Å².